The van der Waals surface area contributed by atoms with Gasteiger partial charge in [-0.2, -0.15) is 0 Å². The molecule has 0 spiro atoms. The van der Waals surface area contributed by atoms with Crippen LogP contribution in [0.5, 0.6) is 0 Å². The molecular formula is C12H15FN6O2. The van der Waals surface area contributed by atoms with E-state index in [9.17, 15) is 14.0 Å². The quantitative estimate of drug-likeness (QED) is 0.749. The molecule has 2 aliphatic heterocycles. The van der Waals surface area contributed by atoms with E-state index in [1.807, 2.05) is 9.80 Å². The van der Waals surface area contributed by atoms with Gasteiger partial charge in [-0.3, -0.25) is 15.0 Å². The summed E-state index contributed by atoms with van der Waals surface area (Å²) in [6.07, 6.45) is 2.25. The zero-order valence-corrected chi connectivity index (χ0v) is 11.3. The first-order valence-electron chi connectivity index (χ1n) is 6.69. The molecule has 2 fully saturated rings. The van der Waals surface area contributed by atoms with Gasteiger partial charge in [0.1, 0.15) is 0 Å². The van der Waals surface area contributed by atoms with Crippen LogP contribution in [0.15, 0.2) is 12.4 Å². The number of aromatic nitrogens is 2. The fraction of sp³-hybridized carbons (Fsp3) is 0.500. The number of nitrogens with zero attached hydrogens (tertiary/aromatic N) is 4. The monoisotopic (exact) mass is 294 g/mol. The third-order valence-corrected chi connectivity index (χ3v) is 3.57. The van der Waals surface area contributed by atoms with Crippen molar-refractivity contribution in [1.29, 1.82) is 0 Å². The molecule has 2 saturated heterocycles. The first kappa shape index (κ1) is 13.7. The smallest absolute Gasteiger partial charge is 0.322 e. The molecule has 9 heteroatoms. The van der Waals surface area contributed by atoms with Crippen LogP contribution >= 0.6 is 0 Å². The minimum absolute atomic E-state index is 0.249. The van der Waals surface area contributed by atoms with Gasteiger partial charge in [-0.05, 0) is 0 Å². The molecule has 2 aliphatic rings. The van der Waals surface area contributed by atoms with Crippen molar-refractivity contribution in [2.24, 2.45) is 0 Å². The van der Waals surface area contributed by atoms with Gasteiger partial charge in [-0.25, -0.2) is 19.2 Å². The van der Waals surface area contributed by atoms with Gasteiger partial charge >= 0.3 is 6.03 Å². The molecule has 3 amide bonds. The second kappa shape index (κ2) is 5.60. The Labute approximate surface area is 120 Å². The number of carbonyl (C=O) groups is 2. The van der Waals surface area contributed by atoms with Crippen LogP contribution in [0.1, 0.15) is 6.42 Å². The SMILES string of the molecule is O=C1CC(N2CCN(c3ncc(F)cn3)CC2)NC(=O)N1. The van der Waals surface area contributed by atoms with E-state index in [2.05, 4.69) is 20.6 Å². The Hall–Kier alpha value is -2.29. The van der Waals surface area contributed by atoms with Crippen LogP contribution in [-0.2, 0) is 4.79 Å². The Morgan fingerprint density at radius 2 is 1.81 bits per heavy atom. The van der Waals surface area contributed by atoms with Crippen molar-refractivity contribution < 1.29 is 14.0 Å². The Balaban J connectivity index is 1.58. The summed E-state index contributed by atoms with van der Waals surface area (Å²) in [5.74, 6) is -0.247. The van der Waals surface area contributed by atoms with E-state index >= 15 is 0 Å². The van der Waals surface area contributed by atoms with E-state index in [4.69, 9.17) is 0 Å². The Kier molecular flexibility index (Phi) is 3.65. The van der Waals surface area contributed by atoms with E-state index < -0.39 is 11.8 Å². The van der Waals surface area contributed by atoms with Gasteiger partial charge in [-0.15, -0.1) is 0 Å². The molecule has 112 valence electrons. The normalized spacial score (nSPS) is 23.7. The molecule has 0 bridgehead atoms. The first-order valence-corrected chi connectivity index (χ1v) is 6.69. The van der Waals surface area contributed by atoms with E-state index in [0.29, 0.717) is 32.1 Å². The zero-order valence-electron chi connectivity index (χ0n) is 11.3. The van der Waals surface area contributed by atoms with Gasteiger partial charge < -0.3 is 10.2 Å². The lowest BCUT2D eigenvalue weighted by Gasteiger charge is -2.40. The molecule has 1 atom stereocenters. The number of halogens is 1. The number of piperazine rings is 1. The minimum atomic E-state index is -0.465. The highest BCUT2D eigenvalue weighted by Gasteiger charge is 2.31. The number of imide groups is 1. The molecule has 0 radical (unpaired) electrons. The fourth-order valence-electron chi connectivity index (χ4n) is 2.51. The second-order valence-electron chi connectivity index (χ2n) is 4.97. The van der Waals surface area contributed by atoms with Crippen molar-refractivity contribution in [3.8, 4) is 0 Å². The molecule has 0 aromatic carbocycles. The number of hydrogen-bond donors (Lipinski definition) is 2. The summed E-state index contributed by atoms with van der Waals surface area (Å²) in [6, 6.07) is -0.458. The van der Waals surface area contributed by atoms with Crippen molar-refractivity contribution in [3.63, 3.8) is 0 Å². The van der Waals surface area contributed by atoms with Crippen molar-refractivity contribution in [2.45, 2.75) is 12.6 Å². The van der Waals surface area contributed by atoms with Crippen molar-refractivity contribution in [3.05, 3.63) is 18.2 Å². The number of amides is 3. The standard InChI is InChI=1S/C12H15FN6O2/c13-8-6-14-11(15-7-8)19-3-1-18(2-4-19)9-5-10(20)17-12(21)16-9/h6-7,9H,1-5H2,(H2,16,17,20,21). The lowest BCUT2D eigenvalue weighted by Crippen LogP contribution is -2.62. The predicted octanol–water partition coefficient (Wildman–Crippen LogP) is -0.707. The van der Waals surface area contributed by atoms with E-state index in [0.717, 1.165) is 12.4 Å². The average Bonchev–Trinajstić information content (AvgIpc) is 2.47. The maximum Gasteiger partial charge on any atom is 0.322 e. The van der Waals surface area contributed by atoms with Gasteiger partial charge in [0, 0.05) is 26.2 Å². The molecule has 1 aromatic rings. The third kappa shape index (κ3) is 3.07. The number of anilines is 1. The summed E-state index contributed by atoms with van der Waals surface area (Å²) in [5.41, 5.74) is 0. The molecule has 21 heavy (non-hydrogen) atoms. The third-order valence-electron chi connectivity index (χ3n) is 3.57. The predicted molar refractivity (Wildman–Crippen MR) is 70.9 cm³/mol. The van der Waals surface area contributed by atoms with E-state index in [1.54, 1.807) is 0 Å². The van der Waals surface area contributed by atoms with Crippen LogP contribution in [0.25, 0.3) is 0 Å². The lowest BCUT2D eigenvalue weighted by molar-refractivity contribution is -0.122. The van der Waals surface area contributed by atoms with Crippen molar-refractivity contribution in [2.75, 3.05) is 31.1 Å². The van der Waals surface area contributed by atoms with Gasteiger partial charge in [-0.1, -0.05) is 0 Å². The highest BCUT2D eigenvalue weighted by molar-refractivity contribution is 5.97. The number of urea groups is 1. The van der Waals surface area contributed by atoms with Gasteiger partial charge in [0.05, 0.1) is 25.0 Å². The van der Waals surface area contributed by atoms with Gasteiger partial charge in [0.25, 0.3) is 0 Å². The average molecular weight is 294 g/mol. The highest BCUT2D eigenvalue weighted by atomic mass is 19.1. The molecule has 3 rings (SSSR count). The molecule has 1 aromatic heterocycles. The van der Waals surface area contributed by atoms with Crippen LogP contribution in [0.4, 0.5) is 15.1 Å². The van der Waals surface area contributed by atoms with Crippen LogP contribution in [-0.4, -0.2) is 59.2 Å². The Morgan fingerprint density at radius 1 is 1.14 bits per heavy atom. The molecule has 1 unspecified atom stereocenters. The minimum Gasteiger partial charge on any atom is -0.338 e. The molecule has 0 aliphatic carbocycles. The summed E-state index contributed by atoms with van der Waals surface area (Å²) in [7, 11) is 0. The molecule has 2 N–H and O–H groups in total. The number of rotatable bonds is 2. The Bertz CT molecular complexity index is 527. The molecule has 8 nitrogen and oxygen atoms in total. The number of hydrogen-bond acceptors (Lipinski definition) is 6. The van der Waals surface area contributed by atoms with Crippen LogP contribution in [0.3, 0.4) is 0 Å². The molecule has 3 heterocycles. The molecular weight excluding hydrogens is 279 g/mol. The highest BCUT2D eigenvalue weighted by Crippen LogP contribution is 2.14. The fourth-order valence-corrected chi connectivity index (χ4v) is 2.51. The van der Waals surface area contributed by atoms with E-state index in [1.165, 1.54) is 0 Å². The van der Waals surface area contributed by atoms with Crippen LogP contribution in [0.2, 0.25) is 0 Å². The van der Waals surface area contributed by atoms with Crippen LogP contribution in [0, 0.1) is 5.82 Å². The first-order chi connectivity index (χ1) is 10.1. The maximum absolute atomic E-state index is 12.8. The number of carbonyl (C=O) groups excluding carboxylic acids is 2. The lowest BCUT2D eigenvalue weighted by atomic mass is 10.2. The summed E-state index contributed by atoms with van der Waals surface area (Å²) >= 11 is 0. The van der Waals surface area contributed by atoms with Crippen molar-refractivity contribution >= 4 is 17.9 Å². The molecule has 0 saturated carbocycles. The summed E-state index contributed by atoms with van der Waals surface area (Å²) in [4.78, 5) is 34.6. The number of nitrogens with one attached hydrogen (secondary N) is 2. The van der Waals surface area contributed by atoms with Crippen LogP contribution < -0.4 is 15.5 Å². The van der Waals surface area contributed by atoms with Crippen molar-refractivity contribution in [1.82, 2.24) is 25.5 Å². The van der Waals surface area contributed by atoms with E-state index in [-0.39, 0.29) is 18.5 Å². The maximum atomic E-state index is 12.8. The zero-order chi connectivity index (χ0) is 14.8. The van der Waals surface area contributed by atoms with Gasteiger partial charge in [0.15, 0.2) is 5.82 Å². The largest absolute Gasteiger partial charge is 0.338 e. The topological polar surface area (TPSA) is 90.5 Å². The second-order valence-corrected chi connectivity index (χ2v) is 4.97. The summed E-state index contributed by atoms with van der Waals surface area (Å²) in [6.45, 7) is 2.64. The summed E-state index contributed by atoms with van der Waals surface area (Å²) in [5, 5.41) is 4.94. The Morgan fingerprint density at radius 3 is 2.43 bits per heavy atom. The summed E-state index contributed by atoms with van der Waals surface area (Å²) < 4.78 is 12.8. The van der Waals surface area contributed by atoms with Gasteiger partial charge in [0.2, 0.25) is 11.9 Å².